The van der Waals surface area contributed by atoms with Gasteiger partial charge in [-0.3, -0.25) is 4.79 Å². The van der Waals surface area contributed by atoms with Crippen LogP contribution in [0.1, 0.15) is 18.4 Å². The highest BCUT2D eigenvalue weighted by molar-refractivity contribution is 5.90. The summed E-state index contributed by atoms with van der Waals surface area (Å²) in [5, 5.41) is 5.41. The molecule has 0 spiro atoms. The van der Waals surface area contributed by atoms with Crippen molar-refractivity contribution in [2.75, 3.05) is 6.54 Å². The van der Waals surface area contributed by atoms with Gasteiger partial charge in [-0.1, -0.05) is 42.5 Å². The molecule has 2 aromatic carbocycles. The van der Waals surface area contributed by atoms with Gasteiger partial charge < -0.3 is 11.1 Å². The molecule has 1 unspecified atom stereocenters. The van der Waals surface area contributed by atoms with Gasteiger partial charge in [0, 0.05) is 12.6 Å². The fourth-order valence-corrected chi connectivity index (χ4v) is 2.75. The predicted molar refractivity (Wildman–Crippen MR) is 81.4 cm³/mol. The number of hydrogen-bond acceptors (Lipinski definition) is 2. The van der Waals surface area contributed by atoms with Crippen molar-refractivity contribution in [2.45, 2.75) is 25.3 Å². The highest BCUT2D eigenvalue weighted by Crippen LogP contribution is 2.32. The monoisotopic (exact) mass is 268 g/mol. The Kier molecular flexibility index (Phi) is 3.70. The molecule has 0 heterocycles. The first-order valence-electron chi connectivity index (χ1n) is 7.24. The van der Waals surface area contributed by atoms with Gasteiger partial charge in [0.1, 0.15) is 0 Å². The second-order valence-electron chi connectivity index (χ2n) is 5.56. The Labute approximate surface area is 119 Å². The maximum atomic E-state index is 12.2. The lowest BCUT2D eigenvalue weighted by atomic mass is 10.0. The fourth-order valence-electron chi connectivity index (χ4n) is 2.75. The molecule has 0 bridgehead atoms. The molecular formula is C17H20N2O. The average molecular weight is 268 g/mol. The number of benzene rings is 2. The Hall–Kier alpha value is -1.87. The normalized spacial score (nSPS) is 16.1. The van der Waals surface area contributed by atoms with Crippen molar-refractivity contribution in [1.29, 1.82) is 0 Å². The van der Waals surface area contributed by atoms with Crippen molar-refractivity contribution in [3.05, 3.63) is 48.0 Å². The Morgan fingerprint density at radius 1 is 1.20 bits per heavy atom. The number of carbonyl (C=O) groups is 1. The van der Waals surface area contributed by atoms with Gasteiger partial charge in [0.15, 0.2) is 0 Å². The van der Waals surface area contributed by atoms with E-state index in [1.165, 1.54) is 18.2 Å². The summed E-state index contributed by atoms with van der Waals surface area (Å²) in [5.74, 6) is 0.667. The molecule has 0 aromatic heterocycles. The third kappa shape index (κ3) is 2.83. The summed E-state index contributed by atoms with van der Waals surface area (Å²) in [6, 6.07) is 14.4. The predicted octanol–water partition coefficient (Wildman–Crippen LogP) is 2.24. The Morgan fingerprint density at radius 3 is 2.70 bits per heavy atom. The molecule has 1 atom stereocenters. The quantitative estimate of drug-likeness (QED) is 0.873. The van der Waals surface area contributed by atoms with Gasteiger partial charge in [-0.25, -0.2) is 0 Å². The van der Waals surface area contributed by atoms with Crippen LogP contribution < -0.4 is 11.1 Å². The van der Waals surface area contributed by atoms with Crippen LogP contribution in [-0.2, 0) is 11.2 Å². The van der Waals surface area contributed by atoms with E-state index in [-0.39, 0.29) is 11.9 Å². The number of fused-ring (bicyclic) bond motifs is 1. The van der Waals surface area contributed by atoms with Crippen molar-refractivity contribution < 1.29 is 4.79 Å². The van der Waals surface area contributed by atoms with Gasteiger partial charge in [0.05, 0.1) is 6.42 Å². The zero-order chi connectivity index (χ0) is 13.9. The van der Waals surface area contributed by atoms with Gasteiger partial charge >= 0.3 is 0 Å². The van der Waals surface area contributed by atoms with E-state index in [1.807, 2.05) is 24.3 Å². The van der Waals surface area contributed by atoms with Gasteiger partial charge in [-0.15, -0.1) is 0 Å². The summed E-state index contributed by atoms with van der Waals surface area (Å²) in [7, 11) is 0. The molecule has 104 valence electrons. The highest BCUT2D eigenvalue weighted by Gasteiger charge is 2.31. The molecule has 3 rings (SSSR count). The first-order chi connectivity index (χ1) is 9.78. The molecule has 1 aliphatic rings. The van der Waals surface area contributed by atoms with Gasteiger partial charge in [0.2, 0.25) is 5.91 Å². The van der Waals surface area contributed by atoms with E-state index >= 15 is 0 Å². The number of hydrogen-bond donors (Lipinski definition) is 2. The SMILES string of the molecule is NCC(NC(=O)Cc1cccc2ccccc12)C1CC1. The lowest BCUT2D eigenvalue weighted by Gasteiger charge is -2.16. The molecule has 1 amide bonds. The Morgan fingerprint density at radius 2 is 1.95 bits per heavy atom. The van der Waals surface area contributed by atoms with Crippen LogP contribution in [0.25, 0.3) is 10.8 Å². The van der Waals surface area contributed by atoms with Crippen LogP contribution in [0.15, 0.2) is 42.5 Å². The highest BCUT2D eigenvalue weighted by atomic mass is 16.1. The molecule has 0 aliphatic heterocycles. The molecule has 0 radical (unpaired) electrons. The van der Waals surface area contributed by atoms with Crippen LogP contribution in [0.2, 0.25) is 0 Å². The van der Waals surface area contributed by atoms with Crippen LogP contribution in [0.4, 0.5) is 0 Å². The van der Waals surface area contributed by atoms with Crippen LogP contribution in [-0.4, -0.2) is 18.5 Å². The first kappa shape index (κ1) is 13.1. The Bertz CT molecular complexity index is 614. The van der Waals surface area contributed by atoms with Crippen molar-refractivity contribution in [2.24, 2.45) is 11.7 Å². The standard InChI is InChI=1S/C17H20N2O/c18-11-16(13-8-9-13)19-17(20)10-14-6-3-5-12-4-1-2-7-15(12)14/h1-7,13,16H,8-11,18H2,(H,19,20). The van der Waals surface area contributed by atoms with Crippen LogP contribution >= 0.6 is 0 Å². The molecule has 1 aliphatic carbocycles. The fraction of sp³-hybridized carbons (Fsp3) is 0.353. The van der Waals surface area contributed by atoms with Crippen molar-refractivity contribution in [1.82, 2.24) is 5.32 Å². The number of amides is 1. The second-order valence-corrected chi connectivity index (χ2v) is 5.56. The average Bonchev–Trinajstić information content (AvgIpc) is 3.30. The lowest BCUT2D eigenvalue weighted by Crippen LogP contribution is -2.42. The van der Waals surface area contributed by atoms with Gasteiger partial charge in [0.25, 0.3) is 0 Å². The first-order valence-corrected chi connectivity index (χ1v) is 7.24. The van der Waals surface area contributed by atoms with Crippen molar-refractivity contribution >= 4 is 16.7 Å². The Balaban J connectivity index is 1.74. The van der Waals surface area contributed by atoms with Crippen LogP contribution in [0, 0.1) is 5.92 Å². The van der Waals surface area contributed by atoms with Gasteiger partial charge in [-0.05, 0) is 35.1 Å². The molecule has 0 saturated heterocycles. The summed E-state index contributed by atoms with van der Waals surface area (Å²) in [4.78, 5) is 12.2. The molecule has 3 heteroatoms. The van der Waals surface area contributed by atoms with Crippen molar-refractivity contribution in [3.8, 4) is 0 Å². The summed E-state index contributed by atoms with van der Waals surface area (Å²) in [6.45, 7) is 0.534. The van der Waals surface area contributed by atoms with Crippen LogP contribution in [0.5, 0.6) is 0 Å². The van der Waals surface area contributed by atoms with E-state index in [1.54, 1.807) is 0 Å². The van der Waals surface area contributed by atoms with E-state index in [9.17, 15) is 4.79 Å². The summed E-state index contributed by atoms with van der Waals surface area (Å²) in [6.07, 6.45) is 2.80. The van der Waals surface area contributed by atoms with E-state index in [0.717, 1.165) is 10.9 Å². The number of carbonyl (C=O) groups excluding carboxylic acids is 1. The molecule has 3 nitrogen and oxygen atoms in total. The molecule has 3 N–H and O–H groups in total. The molecule has 20 heavy (non-hydrogen) atoms. The van der Waals surface area contributed by atoms with Crippen LogP contribution in [0.3, 0.4) is 0 Å². The van der Waals surface area contributed by atoms with Gasteiger partial charge in [-0.2, -0.15) is 0 Å². The topological polar surface area (TPSA) is 55.1 Å². The summed E-state index contributed by atoms with van der Waals surface area (Å²) in [5.41, 5.74) is 6.81. The van der Waals surface area contributed by atoms with Crippen molar-refractivity contribution in [3.63, 3.8) is 0 Å². The maximum absolute atomic E-state index is 12.2. The summed E-state index contributed by atoms with van der Waals surface area (Å²) >= 11 is 0. The second kappa shape index (κ2) is 5.63. The minimum atomic E-state index is 0.0729. The zero-order valence-electron chi connectivity index (χ0n) is 11.5. The minimum Gasteiger partial charge on any atom is -0.352 e. The third-order valence-electron chi connectivity index (χ3n) is 4.02. The van der Waals surface area contributed by atoms with E-state index in [0.29, 0.717) is 18.9 Å². The smallest absolute Gasteiger partial charge is 0.224 e. The third-order valence-corrected chi connectivity index (χ3v) is 4.02. The zero-order valence-corrected chi connectivity index (χ0v) is 11.5. The minimum absolute atomic E-state index is 0.0729. The molecular weight excluding hydrogens is 248 g/mol. The van der Waals surface area contributed by atoms with E-state index in [4.69, 9.17) is 5.73 Å². The number of nitrogens with one attached hydrogen (secondary N) is 1. The van der Waals surface area contributed by atoms with E-state index < -0.39 is 0 Å². The number of nitrogens with two attached hydrogens (primary N) is 1. The summed E-state index contributed by atoms with van der Waals surface area (Å²) < 4.78 is 0. The maximum Gasteiger partial charge on any atom is 0.224 e. The number of rotatable bonds is 5. The van der Waals surface area contributed by atoms with E-state index in [2.05, 4.69) is 23.5 Å². The molecule has 2 aromatic rings. The molecule has 1 saturated carbocycles. The largest absolute Gasteiger partial charge is 0.352 e. The molecule has 1 fully saturated rings. The lowest BCUT2D eigenvalue weighted by molar-refractivity contribution is -0.121.